The Hall–Kier alpha value is -0.770. The lowest BCUT2D eigenvalue weighted by atomic mass is 9.98. The second-order valence-electron chi connectivity index (χ2n) is 3.10. The number of hydrogen-bond acceptors (Lipinski definition) is 1. The lowest BCUT2D eigenvalue weighted by Crippen LogP contribution is -1.97. The fourth-order valence-corrected chi connectivity index (χ4v) is 1.59. The van der Waals surface area contributed by atoms with Crippen LogP contribution in [-0.4, -0.2) is 6.29 Å². The van der Waals surface area contributed by atoms with Crippen LogP contribution in [0.1, 0.15) is 24.8 Å². The highest BCUT2D eigenvalue weighted by atomic mass is 79.9. The van der Waals surface area contributed by atoms with Gasteiger partial charge in [0.05, 0.1) is 4.47 Å². The van der Waals surface area contributed by atoms with Crippen LogP contribution in [0.15, 0.2) is 16.6 Å². The van der Waals surface area contributed by atoms with E-state index in [-0.39, 0.29) is 10.4 Å². The molecule has 0 spiro atoms. The molecule has 0 N–H and O–H groups in total. The van der Waals surface area contributed by atoms with Gasteiger partial charge in [0.2, 0.25) is 0 Å². The van der Waals surface area contributed by atoms with E-state index in [2.05, 4.69) is 15.9 Å². The molecule has 1 aromatic carbocycles. The fraction of sp³-hybridized carbons (Fsp3) is 0.300. The highest BCUT2D eigenvalue weighted by Gasteiger charge is 2.12. The minimum atomic E-state index is -0.896. The number of aldehydes is 1. The van der Waals surface area contributed by atoms with Crippen LogP contribution in [0.25, 0.3) is 0 Å². The first-order valence-electron chi connectivity index (χ1n) is 4.14. The first kappa shape index (κ1) is 11.3. The van der Waals surface area contributed by atoms with E-state index < -0.39 is 11.6 Å². The van der Waals surface area contributed by atoms with Gasteiger partial charge in [0.15, 0.2) is 11.6 Å². The molecule has 0 aliphatic carbocycles. The zero-order valence-electron chi connectivity index (χ0n) is 7.56. The molecule has 1 aromatic rings. The fourth-order valence-electron chi connectivity index (χ4n) is 1.14. The van der Waals surface area contributed by atoms with Gasteiger partial charge in [-0.2, -0.15) is 0 Å². The Bertz CT molecular complexity index is 329. The van der Waals surface area contributed by atoms with Crippen molar-refractivity contribution < 1.29 is 13.6 Å². The Morgan fingerprint density at radius 1 is 1.50 bits per heavy atom. The van der Waals surface area contributed by atoms with Crippen molar-refractivity contribution in [2.24, 2.45) is 0 Å². The monoisotopic (exact) mass is 262 g/mol. The maximum Gasteiger partial charge on any atom is 0.172 e. The predicted molar refractivity (Wildman–Crippen MR) is 53.2 cm³/mol. The largest absolute Gasteiger partial charge is 0.303 e. The van der Waals surface area contributed by atoms with E-state index >= 15 is 0 Å². The van der Waals surface area contributed by atoms with Crippen molar-refractivity contribution in [3.63, 3.8) is 0 Å². The number of carbonyl (C=O) groups is 1. The van der Waals surface area contributed by atoms with Gasteiger partial charge in [-0.3, -0.25) is 0 Å². The summed E-state index contributed by atoms with van der Waals surface area (Å²) in [6.07, 6.45) is 1.07. The molecule has 0 aliphatic rings. The van der Waals surface area contributed by atoms with Gasteiger partial charge in [0.25, 0.3) is 0 Å². The number of rotatable bonds is 3. The maximum atomic E-state index is 12.9. The molecule has 1 unspecified atom stereocenters. The minimum Gasteiger partial charge on any atom is -0.303 e. The van der Waals surface area contributed by atoms with E-state index in [4.69, 9.17) is 0 Å². The SMILES string of the molecule is CC(CC=O)c1cc(F)c(F)c(Br)c1. The Labute approximate surface area is 89.3 Å². The topological polar surface area (TPSA) is 17.1 Å². The molecule has 4 heteroatoms. The molecule has 0 saturated carbocycles. The van der Waals surface area contributed by atoms with Gasteiger partial charge < -0.3 is 4.79 Å². The molecular formula is C10H9BrF2O. The molecule has 0 fully saturated rings. The summed E-state index contributed by atoms with van der Waals surface area (Å²) in [5, 5.41) is 0. The van der Waals surface area contributed by atoms with E-state index in [0.29, 0.717) is 12.0 Å². The smallest absolute Gasteiger partial charge is 0.172 e. The van der Waals surface area contributed by atoms with Gasteiger partial charge in [-0.25, -0.2) is 8.78 Å². The molecule has 1 atom stereocenters. The summed E-state index contributed by atoms with van der Waals surface area (Å²) in [7, 11) is 0. The number of carbonyl (C=O) groups excluding carboxylic acids is 1. The molecule has 0 saturated heterocycles. The average Bonchev–Trinajstić information content (AvgIpc) is 2.13. The summed E-state index contributed by atoms with van der Waals surface area (Å²) in [6.45, 7) is 1.79. The van der Waals surface area contributed by atoms with E-state index in [0.717, 1.165) is 12.4 Å². The van der Waals surface area contributed by atoms with E-state index in [9.17, 15) is 13.6 Å². The number of halogens is 3. The van der Waals surface area contributed by atoms with Crippen LogP contribution >= 0.6 is 15.9 Å². The maximum absolute atomic E-state index is 12.9. The van der Waals surface area contributed by atoms with Crippen LogP contribution < -0.4 is 0 Å². The zero-order chi connectivity index (χ0) is 10.7. The van der Waals surface area contributed by atoms with Crippen LogP contribution in [0, 0.1) is 11.6 Å². The molecular weight excluding hydrogens is 254 g/mol. The molecule has 76 valence electrons. The van der Waals surface area contributed by atoms with Crippen molar-refractivity contribution in [3.8, 4) is 0 Å². The van der Waals surface area contributed by atoms with Gasteiger partial charge in [-0.05, 0) is 39.5 Å². The molecule has 0 amide bonds. The minimum absolute atomic E-state index is 0.0882. The molecule has 1 nitrogen and oxygen atoms in total. The van der Waals surface area contributed by atoms with Gasteiger partial charge >= 0.3 is 0 Å². The van der Waals surface area contributed by atoms with Crippen molar-refractivity contribution in [1.82, 2.24) is 0 Å². The Morgan fingerprint density at radius 2 is 2.14 bits per heavy atom. The lowest BCUT2D eigenvalue weighted by molar-refractivity contribution is -0.108. The normalized spacial score (nSPS) is 12.6. The first-order valence-corrected chi connectivity index (χ1v) is 4.93. The second kappa shape index (κ2) is 4.64. The third kappa shape index (κ3) is 2.38. The van der Waals surface area contributed by atoms with Crippen molar-refractivity contribution in [1.29, 1.82) is 0 Å². The molecule has 14 heavy (non-hydrogen) atoms. The van der Waals surface area contributed by atoms with Gasteiger partial charge in [0.1, 0.15) is 6.29 Å². The van der Waals surface area contributed by atoms with Crippen molar-refractivity contribution in [2.45, 2.75) is 19.3 Å². The molecule has 1 rings (SSSR count). The van der Waals surface area contributed by atoms with E-state index in [1.165, 1.54) is 6.07 Å². The molecule has 0 aliphatic heterocycles. The molecule has 0 radical (unpaired) electrons. The van der Waals surface area contributed by atoms with Crippen LogP contribution in [0.3, 0.4) is 0 Å². The van der Waals surface area contributed by atoms with Gasteiger partial charge in [0, 0.05) is 6.42 Å². The Balaban J connectivity index is 3.05. The molecule has 0 bridgehead atoms. The third-order valence-corrected chi connectivity index (χ3v) is 2.60. The quantitative estimate of drug-likeness (QED) is 0.603. The highest BCUT2D eigenvalue weighted by molar-refractivity contribution is 9.10. The van der Waals surface area contributed by atoms with Gasteiger partial charge in [-0.1, -0.05) is 6.92 Å². The summed E-state index contributed by atoms with van der Waals surface area (Å²) >= 11 is 2.91. The summed E-state index contributed by atoms with van der Waals surface area (Å²) in [4.78, 5) is 10.2. The summed E-state index contributed by atoms with van der Waals surface area (Å²) in [5.41, 5.74) is 0.614. The van der Waals surface area contributed by atoms with Crippen LogP contribution in [0.5, 0.6) is 0 Å². The van der Waals surface area contributed by atoms with Crippen molar-refractivity contribution >= 4 is 22.2 Å². The molecule has 0 aromatic heterocycles. The number of hydrogen-bond donors (Lipinski definition) is 0. The van der Waals surface area contributed by atoms with Gasteiger partial charge in [-0.15, -0.1) is 0 Å². The second-order valence-corrected chi connectivity index (χ2v) is 3.96. The molecule has 0 heterocycles. The lowest BCUT2D eigenvalue weighted by Gasteiger charge is -2.09. The first-order chi connectivity index (χ1) is 6.56. The van der Waals surface area contributed by atoms with Crippen LogP contribution in [0.2, 0.25) is 0 Å². The van der Waals surface area contributed by atoms with E-state index in [1.54, 1.807) is 6.92 Å². The van der Waals surface area contributed by atoms with Crippen LogP contribution in [0.4, 0.5) is 8.78 Å². The summed E-state index contributed by atoms with van der Waals surface area (Å²) in [5.74, 6) is -1.89. The standard InChI is InChI=1S/C10H9BrF2O/c1-6(2-3-14)7-4-8(11)10(13)9(12)5-7/h3-6H,2H2,1H3. The predicted octanol–water partition coefficient (Wildman–Crippen LogP) is 3.42. The van der Waals surface area contributed by atoms with Crippen LogP contribution in [-0.2, 0) is 4.79 Å². The van der Waals surface area contributed by atoms with Crippen molar-refractivity contribution in [2.75, 3.05) is 0 Å². The summed E-state index contributed by atoms with van der Waals surface area (Å²) in [6, 6.07) is 2.61. The number of benzene rings is 1. The van der Waals surface area contributed by atoms with E-state index in [1.807, 2.05) is 0 Å². The Kier molecular flexibility index (Phi) is 3.75. The zero-order valence-corrected chi connectivity index (χ0v) is 9.14. The third-order valence-electron chi connectivity index (χ3n) is 2.02. The average molecular weight is 263 g/mol. The summed E-state index contributed by atoms with van der Waals surface area (Å²) < 4.78 is 25.9. The van der Waals surface area contributed by atoms with Crippen molar-refractivity contribution in [3.05, 3.63) is 33.8 Å². The Morgan fingerprint density at radius 3 is 2.64 bits per heavy atom. The highest BCUT2D eigenvalue weighted by Crippen LogP contribution is 2.26.